The van der Waals surface area contributed by atoms with Crippen LogP contribution in [0, 0.1) is 11.8 Å². The molecular weight excluding hydrogens is 370 g/mol. The highest BCUT2D eigenvalue weighted by Gasteiger charge is 2.65. The minimum Gasteiger partial charge on any atom is -0.467 e. The van der Waals surface area contributed by atoms with E-state index in [1.807, 2.05) is 0 Å². The lowest BCUT2D eigenvalue weighted by atomic mass is 9.78. The molecule has 0 bridgehead atoms. The van der Waals surface area contributed by atoms with Crippen LogP contribution in [0.15, 0.2) is 30.3 Å². The normalized spacial score (nSPS) is 41.9. The molecule has 0 radical (unpaired) electrons. The van der Waals surface area contributed by atoms with Crippen LogP contribution in [-0.2, 0) is 23.9 Å². The van der Waals surface area contributed by atoms with Gasteiger partial charge in [0.15, 0.2) is 12.4 Å². The van der Waals surface area contributed by atoms with Gasteiger partial charge in [0.25, 0.3) is 0 Å². The third-order valence-electron chi connectivity index (χ3n) is 7.75. The molecule has 0 N–H and O–H groups in total. The Morgan fingerprint density at radius 1 is 1.10 bits per heavy atom. The molecule has 7 atom stereocenters. The highest BCUT2D eigenvalue weighted by Crippen LogP contribution is 2.56. The zero-order valence-electron chi connectivity index (χ0n) is 17.3. The van der Waals surface area contributed by atoms with E-state index < -0.39 is 6.10 Å². The van der Waals surface area contributed by atoms with E-state index in [0.29, 0.717) is 11.8 Å². The quantitative estimate of drug-likeness (QED) is 0.712. The van der Waals surface area contributed by atoms with Crippen molar-refractivity contribution in [1.82, 2.24) is 5.23 Å². The van der Waals surface area contributed by atoms with Crippen LogP contribution in [0.2, 0.25) is 0 Å². The Labute approximate surface area is 172 Å². The van der Waals surface area contributed by atoms with E-state index in [4.69, 9.17) is 19.1 Å². The number of esters is 1. The minimum absolute atomic E-state index is 0.104. The van der Waals surface area contributed by atoms with Crippen LogP contribution in [0.25, 0.3) is 0 Å². The second-order valence-electron chi connectivity index (χ2n) is 9.16. The molecule has 2 heterocycles. The molecule has 0 spiro atoms. The molecule has 1 aromatic rings. The van der Waals surface area contributed by atoms with Gasteiger partial charge < -0.3 is 9.47 Å². The fraction of sp³-hybridized carbons (Fsp3) is 0.696. The van der Waals surface area contributed by atoms with E-state index in [-0.39, 0.29) is 29.8 Å². The number of nitrogens with zero attached hydrogens (tertiary/aromatic N) is 1. The van der Waals surface area contributed by atoms with Crippen LogP contribution in [0.4, 0.5) is 0 Å². The van der Waals surface area contributed by atoms with Crippen molar-refractivity contribution in [3.8, 4) is 0 Å². The average molecular weight is 402 g/mol. The average Bonchev–Trinajstić information content (AvgIpc) is 3.24. The highest BCUT2D eigenvalue weighted by atomic mass is 17.0. The van der Waals surface area contributed by atoms with Gasteiger partial charge in [-0.15, -0.1) is 0 Å². The molecule has 6 heteroatoms. The highest BCUT2D eigenvalue weighted by molar-refractivity contribution is 5.75. The fourth-order valence-electron chi connectivity index (χ4n) is 6.12. The number of hydroxylamine groups is 2. The fourth-order valence-corrected chi connectivity index (χ4v) is 6.12. The van der Waals surface area contributed by atoms with Crippen molar-refractivity contribution >= 4 is 5.97 Å². The Morgan fingerprint density at radius 3 is 2.69 bits per heavy atom. The van der Waals surface area contributed by atoms with Crippen molar-refractivity contribution in [2.75, 3.05) is 7.11 Å². The molecule has 2 saturated heterocycles. The number of ether oxygens (including phenoxy) is 2. The first-order valence-corrected chi connectivity index (χ1v) is 11.0. The van der Waals surface area contributed by atoms with Gasteiger partial charge in [-0.25, -0.2) is 9.63 Å². The maximum Gasteiger partial charge on any atom is 0.337 e. The SMILES string of the molecule is COC(=O)C1ON2OC(OC3CCCCC3c3ccccc3)CC3CCC1C32C. The Bertz CT molecular complexity index is 742. The molecule has 0 amide bonds. The van der Waals surface area contributed by atoms with Crippen LogP contribution >= 0.6 is 0 Å². The molecule has 7 unspecified atom stereocenters. The summed E-state index contributed by atoms with van der Waals surface area (Å²) < 4.78 is 11.5. The van der Waals surface area contributed by atoms with Crippen molar-refractivity contribution in [3.05, 3.63) is 35.9 Å². The first-order chi connectivity index (χ1) is 14.1. The molecule has 0 aromatic heterocycles. The maximum absolute atomic E-state index is 12.2. The van der Waals surface area contributed by atoms with Crippen LogP contribution < -0.4 is 0 Å². The van der Waals surface area contributed by atoms with E-state index in [9.17, 15) is 4.79 Å². The van der Waals surface area contributed by atoms with Crippen molar-refractivity contribution in [2.45, 2.75) is 81.8 Å². The first kappa shape index (κ1) is 19.5. The maximum atomic E-state index is 12.2. The van der Waals surface area contributed by atoms with Gasteiger partial charge in [-0.2, -0.15) is 0 Å². The Balaban J connectivity index is 1.32. The molecular formula is C23H31NO5. The zero-order chi connectivity index (χ0) is 20.0. The van der Waals surface area contributed by atoms with Crippen molar-refractivity contribution < 1.29 is 23.9 Å². The third-order valence-corrected chi connectivity index (χ3v) is 7.75. The molecule has 4 aliphatic rings. The number of hydrogen-bond donors (Lipinski definition) is 0. The number of carbonyl (C=O) groups is 1. The van der Waals surface area contributed by atoms with Crippen molar-refractivity contribution in [3.63, 3.8) is 0 Å². The Kier molecular flexibility index (Phi) is 5.14. The van der Waals surface area contributed by atoms with Gasteiger partial charge in [-0.05, 0) is 44.1 Å². The van der Waals surface area contributed by atoms with Gasteiger partial charge in [0.1, 0.15) is 0 Å². The topological polar surface area (TPSA) is 57.2 Å². The van der Waals surface area contributed by atoms with Crippen molar-refractivity contribution in [1.29, 1.82) is 0 Å². The predicted octanol–water partition coefficient (Wildman–Crippen LogP) is 3.96. The molecule has 2 saturated carbocycles. The number of benzene rings is 1. The predicted molar refractivity (Wildman–Crippen MR) is 105 cm³/mol. The van der Waals surface area contributed by atoms with Gasteiger partial charge in [-0.3, -0.25) is 4.84 Å². The molecule has 29 heavy (non-hydrogen) atoms. The summed E-state index contributed by atoms with van der Waals surface area (Å²) in [6.07, 6.45) is 6.71. The third kappa shape index (κ3) is 3.21. The second-order valence-corrected chi connectivity index (χ2v) is 9.16. The van der Waals surface area contributed by atoms with Crippen LogP contribution in [-0.4, -0.2) is 42.3 Å². The summed E-state index contributed by atoms with van der Waals surface area (Å²) in [7, 11) is 1.41. The number of methoxy groups -OCH3 is 1. The smallest absolute Gasteiger partial charge is 0.337 e. The number of carbonyl (C=O) groups excluding carboxylic acids is 1. The molecule has 2 aliphatic carbocycles. The van der Waals surface area contributed by atoms with E-state index in [0.717, 1.165) is 32.1 Å². The Hall–Kier alpha value is -1.47. The van der Waals surface area contributed by atoms with Crippen LogP contribution in [0.5, 0.6) is 0 Å². The van der Waals surface area contributed by atoms with Gasteiger partial charge in [0.05, 0.1) is 18.8 Å². The summed E-state index contributed by atoms with van der Waals surface area (Å²) in [5.41, 5.74) is 1.06. The van der Waals surface area contributed by atoms with Gasteiger partial charge >= 0.3 is 5.97 Å². The Morgan fingerprint density at radius 2 is 1.90 bits per heavy atom. The van der Waals surface area contributed by atoms with Crippen LogP contribution in [0.1, 0.15) is 63.4 Å². The van der Waals surface area contributed by atoms with E-state index in [2.05, 4.69) is 37.3 Å². The van der Waals surface area contributed by atoms with E-state index >= 15 is 0 Å². The van der Waals surface area contributed by atoms with Gasteiger partial charge in [0, 0.05) is 18.3 Å². The summed E-state index contributed by atoms with van der Waals surface area (Å²) in [6.45, 7) is 2.15. The number of rotatable bonds is 4. The lowest BCUT2D eigenvalue weighted by Gasteiger charge is -2.45. The molecule has 5 rings (SSSR count). The van der Waals surface area contributed by atoms with Crippen molar-refractivity contribution in [2.24, 2.45) is 11.8 Å². The molecule has 4 fully saturated rings. The summed E-state index contributed by atoms with van der Waals surface area (Å²) in [6, 6.07) is 10.7. The summed E-state index contributed by atoms with van der Waals surface area (Å²) in [5, 5.41) is 1.59. The minimum atomic E-state index is -0.583. The van der Waals surface area contributed by atoms with E-state index in [1.165, 1.54) is 25.5 Å². The van der Waals surface area contributed by atoms with Gasteiger partial charge in [-0.1, -0.05) is 48.4 Å². The molecule has 6 nitrogen and oxygen atoms in total. The van der Waals surface area contributed by atoms with Gasteiger partial charge in [0.2, 0.25) is 0 Å². The summed E-state index contributed by atoms with van der Waals surface area (Å²) >= 11 is 0. The molecule has 1 aromatic carbocycles. The second kappa shape index (κ2) is 7.65. The standard InChI is InChI=1S/C23H31NO5/c1-23-16-12-13-18(23)21(22(25)26-2)29-24(23)28-20(14-16)27-19-11-7-6-10-17(19)15-8-4-3-5-9-15/h3-5,8-9,16-21H,6-7,10-14H2,1-2H3. The van der Waals surface area contributed by atoms with E-state index in [1.54, 1.807) is 5.23 Å². The first-order valence-electron chi connectivity index (χ1n) is 11.0. The lowest BCUT2D eigenvalue weighted by molar-refractivity contribution is -0.462. The molecule has 2 aliphatic heterocycles. The zero-order valence-corrected chi connectivity index (χ0v) is 17.3. The largest absolute Gasteiger partial charge is 0.467 e. The lowest BCUT2D eigenvalue weighted by Crippen LogP contribution is -2.55. The summed E-state index contributed by atoms with van der Waals surface area (Å²) in [4.78, 5) is 24.4. The monoisotopic (exact) mass is 401 g/mol. The number of hydrogen-bond acceptors (Lipinski definition) is 6. The molecule has 158 valence electrons. The summed E-state index contributed by atoms with van der Waals surface area (Å²) in [5.74, 6) is 0.580. The van der Waals surface area contributed by atoms with Crippen LogP contribution in [0.3, 0.4) is 0 Å².